The van der Waals surface area contributed by atoms with Gasteiger partial charge in [-0.1, -0.05) is 6.92 Å². The van der Waals surface area contributed by atoms with Crippen LogP contribution in [0.3, 0.4) is 0 Å². The van der Waals surface area contributed by atoms with E-state index in [0.29, 0.717) is 12.0 Å². The van der Waals surface area contributed by atoms with Crippen molar-refractivity contribution in [2.24, 2.45) is 11.7 Å². The summed E-state index contributed by atoms with van der Waals surface area (Å²) in [6, 6.07) is 0.534. The molecule has 5 heteroatoms. The fourth-order valence-corrected chi connectivity index (χ4v) is 1.70. The molecule has 0 radical (unpaired) electrons. The van der Waals surface area contributed by atoms with Crippen molar-refractivity contribution in [1.29, 1.82) is 0 Å². The zero-order valence-electron chi connectivity index (χ0n) is 6.67. The minimum absolute atomic E-state index is 0.113. The van der Waals surface area contributed by atoms with Crippen LogP contribution in [0.5, 0.6) is 0 Å². The zero-order chi connectivity index (χ0) is 7.84. The third kappa shape index (κ3) is 1.15. The maximum absolute atomic E-state index is 5.83. The summed E-state index contributed by atoms with van der Waals surface area (Å²) in [4.78, 5) is 0. The first-order chi connectivity index (χ1) is 5.29. The van der Waals surface area contributed by atoms with E-state index in [4.69, 9.17) is 5.73 Å². The van der Waals surface area contributed by atoms with Crippen molar-refractivity contribution in [3.05, 3.63) is 0 Å². The van der Waals surface area contributed by atoms with Crippen LogP contribution < -0.4 is 22.0 Å². The molecule has 2 aliphatic rings. The van der Waals surface area contributed by atoms with Crippen LogP contribution in [-0.4, -0.2) is 30.4 Å². The van der Waals surface area contributed by atoms with Gasteiger partial charge in [0.25, 0.3) is 0 Å². The van der Waals surface area contributed by atoms with Gasteiger partial charge in [-0.3, -0.25) is 5.43 Å². The quantitative estimate of drug-likeness (QED) is 0.333. The Balaban J connectivity index is 2.05. The van der Waals surface area contributed by atoms with E-state index in [2.05, 4.69) is 28.2 Å². The predicted octanol–water partition coefficient (Wildman–Crippen LogP) is -1.84. The van der Waals surface area contributed by atoms with Crippen LogP contribution in [0.25, 0.3) is 0 Å². The lowest BCUT2D eigenvalue weighted by atomic mass is 10.0. The number of hydrogen-bond acceptors (Lipinski definition) is 5. The van der Waals surface area contributed by atoms with Gasteiger partial charge in [-0.25, -0.2) is 15.9 Å². The second-order valence-electron chi connectivity index (χ2n) is 3.27. The van der Waals surface area contributed by atoms with Crippen LogP contribution in [0.1, 0.15) is 6.92 Å². The van der Waals surface area contributed by atoms with E-state index < -0.39 is 0 Å². The summed E-state index contributed by atoms with van der Waals surface area (Å²) in [6.07, 6.45) is 0.113. The summed E-state index contributed by atoms with van der Waals surface area (Å²) in [5, 5.41) is 2.16. The fraction of sp³-hybridized carbons (Fsp3) is 1.00. The molecule has 0 aliphatic carbocycles. The summed E-state index contributed by atoms with van der Waals surface area (Å²) in [6.45, 7) is 3.96. The molecule has 2 heterocycles. The van der Waals surface area contributed by atoms with E-state index in [0.717, 1.165) is 13.2 Å². The van der Waals surface area contributed by atoms with E-state index in [-0.39, 0.29) is 6.17 Å². The fourth-order valence-electron chi connectivity index (χ4n) is 1.70. The van der Waals surface area contributed by atoms with Crippen molar-refractivity contribution >= 4 is 0 Å². The molecule has 0 aromatic heterocycles. The van der Waals surface area contributed by atoms with Crippen molar-refractivity contribution in [2.75, 3.05) is 13.2 Å². The van der Waals surface area contributed by atoms with Crippen LogP contribution in [0, 0.1) is 5.92 Å². The molecule has 11 heavy (non-hydrogen) atoms. The molecule has 2 saturated heterocycles. The number of hydrazine groups is 2. The second kappa shape index (κ2) is 2.69. The van der Waals surface area contributed by atoms with E-state index in [1.807, 2.05) is 0 Å². The molecule has 0 saturated carbocycles. The Hall–Kier alpha value is -0.200. The van der Waals surface area contributed by atoms with Gasteiger partial charge in [0.15, 0.2) is 0 Å². The molecule has 3 unspecified atom stereocenters. The molecule has 0 aromatic rings. The third-order valence-corrected chi connectivity index (χ3v) is 2.57. The Morgan fingerprint density at radius 3 is 3.00 bits per heavy atom. The molecule has 5 N–H and O–H groups in total. The van der Waals surface area contributed by atoms with Gasteiger partial charge in [0.1, 0.15) is 0 Å². The van der Waals surface area contributed by atoms with Crippen LogP contribution in [0.4, 0.5) is 0 Å². The van der Waals surface area contributed by atoms with Gasteiger partial charge in [-0.05, 0) is 0 Å². The number of nitrogens with one attached hydrogen (secondary N) is 3. The smallest absolute Gasteiger partial charge is 0.0755 e. The first-order valence-electron chi connectivity index (χ1n) is 4.03. The van der Waals surface area contributed by atoms with E-state index in [1.54, 1.807) is 0 Å². The highest BCUT2D eigenvalue weighted by atomic mass is 15.7. The highest BCUT2D eigenvalue weighted by Crippen LogP contribution is 2.18. The number of nitrogens with two attached hydrogens (primary N) is 1. The SMILES string of the molecule is CC1C(N)NN2CNNCC12. The van der Waals surface area contributed by atoms with E-state index in [9.17, 15) is 0 Å². The molecule has 0 aromatic carbocycles. The average molecular weight is 157 g/mol. The Bertz CT molecular complexity index is 150. The van der Waals surface area contributed by atoms with Crippen molar-refractivity contribution in [3.8, 4) is 0 Å². The largest absolute Gasteiger partial charge is 0.315 e. The lowest BCUT2D eigenvalue weighted by molar-refractivity contribution is 0.106. The normalized spacial score (nSPS) is 45.8. The Morgan fingerprint density at radius 1 is 1.45 bits per heavy atom. The zero-order valence-corrected chi connectivity index (χ0v) is 6.67. The lowest BCUT2D eigenvalue weighted by Crippen LogP contribution is -2.58. The van der Waals surface area contributed by atoms with E-state index in [1.165, 1.54) is 0 Å². The average Bonchev–Trinajstić information content (AvgIpc) is 2.30. The summed E-state index contributed by atoms with van der Waals surface area (Å²) in [5.74, 6) is 0.518. The van der Waals surface area contributed by atoms with Gasteiger partial charge in [-0.15, -0.1) is 0 Å². The summed E-state index contributed by atoms with van der Waals surface area (Å²) in [7, 11) is 0. The maximum atomic E-state index is 5.83. The number of nitrogens with zero attached hydrogens (tertiary/aromatic N) is 1. The number of rotatable bonds is 0. The first-order valence-corrected chi connectivity index (χ1v) is 4.03. The molecule has 2 fully saturated rings. The summed E-state index contributed by atoms with van der Waals surface area (Å²) >= 11 is 0. The van der Waals surface area contributed by atoms with Crippen LogP contribution >= 0.6 is 0 Å². The van der Waals surface area contributed by atoms with Crippen LogP contribution in [0.2, 0.25) is 0 Å². The molecular formula is C6H15N5. The molecule has 0 amide bonds. The maximum Gasteiger partial charge on any atom is 0.0755 e. The first kappa shape index (κ1) is 7.45. The minimum atomic E-state index is 0.113. The predicted molar refractivity (Wildman–Crippen MR) is 41.9 cm³/mol. The van der Waals surface area contributed by atoms with Gasteiger partial charge in [-0.2, -0.15) is 0 Å². The molecule has 2 aliphatic heterocycles. The Kier molecular flexibility index (Phi) is 1.82. The van der Waals surface area contributed by atoms with Crippen molar-refractivity contribution in [1.82, 2.24) is 21.3 Å². The standard InChI is InChI=1S/C6H15N5/c1-4-5-2-8-9-3-11(5)10-6(4)7/h4-6,8-10H,2-3,7H2,1H3. The Morgan fingerprint density at radius 2 is 2.27 bits per heavy atom. The molecule has 64 valence electrons. The Labute approximate surface area is 66.2 Å². The highest BCUT2D eigenvalue weighted by Gasteiger charge is 2.37. The van der Waals surface area contributed by atoms with Gasteiger partial charge in [0.05, 0.1) is 12.8 Å². The minimum Gasteiger partial charge on any atom is -0.315 e. The summed E-state index contributed by atoms with van der Waals surface area (Å²) in [5.41, 5.74) is 15.2. The van der Waals surface area contributed by atoms with Crippen molar-refractivity contribution in [3.63, 3.8) is 0 Å². The summed E-state index contributed by atoms with van der Waals surface area (Å²) < 4.78 is 0. The monoisotopic (exact) mass is 157 g/mol. The lowest BCUT2D eigenvalue weighted by Gasteiger charge is -2.31. The highest BCUT2D eigenvalue weighted by molar-refractivity contribution is 4.89. The second-order valence-corrected chi connectivity index (χ2v) is 3.27. The van der Waals surface area contributed by atoms with Crippen LogP contribution in [-0.2, 0) is 0 Å². The van der Waals surface area contributed by atoms with Crippen LogP contribution in [0.15, 0.2) is 0 Å². The molecule has 0 spiro atoms. The topological polar surface area (TPSA) is 65.3 Å². The van der Waals surface area contributed by atoms with E-state index >= 15 is 0 Å². The molecule has 0 bridgehead atoms. The van der Waals surface area contributed by atoms with Gasteiger partial charge < -0.3 is 5.73 Å². The van der Waals surface area contributed by atoms with Gasteiger partial charge in [0, 0.05) is 18.5 Å². The molecule has 2 rings (SSSR count). The number of fused-ring (bicyclic) bond motifs is 1. The van der Waals surface area contributed by atoms with Gasteiger partial charge >= 0.3 is 0 Å². The third-order valence-electron chi connectivity index (χ3n) is 2.57. The number of hydrogen-bond donors (Lipinski definition) is 4. The molecule has 5 nitrogen and oxygen atoms in total. The van der Waals surface area contributed by atoms with Crippen molar-refractivity contribution < 1.29 is 0 Å². The molecular weight excluding hydrogens is 142 g/mol. The molecule has 3 atom stereocenters. The van der Waals surface area contributed by atoms with Gasteiger partial charge in [0.2, 0.25) is 0 Å². The van der Waals surface area contributed by atoms with Crippen molar-refractivity contribution in [2.45, 2.75) is 19.1 Å².